The second-order valence-corrected chi connectivity index (χ2v) is 31.5. The van der Waals surface area contributed by atoms with Gasteiger partial charge in [-0.2, -0.15) is 0 Å². The lowest BCUT2D eigenvalue weighted by atomic mass is 10.1. The zero-order valence-corrected chi connectivity index (χ0v) is 59.1. The first-order valence-electron chi connectivity index (χ1n) is 33.0. The Kier molecular flexibility index (Phi) is 37.7. The van der Waals surface area contributed by atoms with Crippen LogP contribution in [0.4, 0.5) is 8.90 Å². The maximum absolute atomic E-state index is 17.1. The molecule has 0 saturated carbocycles. The number of hydrogen-bond donors (Lipinski definition) is 17. The second kappa shape index (κ2) is 43.4. The Labute approximate surface area is 588 Å². The van der Waals surface area contributed by atoms with Crippen molar-refractivity contribution in [2.75, 3.05) is 91.6 Å². The fraction of sp³-hybridized carbons (Fsp3) is 0.651. The molecule has 17 N–H and O–H groups in total. The van der Waals surface area contributed by atoms with Crippen LogP contribution < -0.4 is 47.7 Å². The number of unbranched alkanes of at least 4 members (excludes halogenated alkanes) is 1. The Morgan fingerprint density at radius 2 is 0.794 bits per heavy atom. The van der Waals surface area contributed by atoms with Gasteiger partial charge in [0.05, 0.1) is 19.6 Å². The molecule has 1 fully saturated rings. The first-order chi connectivity index (χ1) is 47.5. The summed E-state index contributed by atoms with van der Waals surface area (Å²) in [5, 5.41) is 104. The number of nitrogens with zero attached hydrogens (tertiary/aromatic N) is 4. The van der Waals surface area contributed by atoms with Crippen molar-refractivity contribution in [3.63, 3.8) is 0 Å². The Morgan fingerprint density at radius 3 is 1.21 bits per heavy atom. The minimum atomic E-state index is -3.77. The highest BCUT2D eigenvalue weighted by molar-refractivity contribution is 6.90. The number of urea groups is 1. The van der Waals surface area contributed by atoms with E-state index in [9.17, 15) is 118 Å². The number of benzene rings is 1. The number of rotatable bonds is 43. The minimum absolute atomic E-state index is 0.00207. The smallest absolute Gasteiger partial charge is 0.326 e. The summed E-state index contributed by atoms with van der Waals surface area (Å²) in [5.74, 6) is -17.5. The Bertz CT molecular complexity index is 3050. The van der Waals surface area contributed by atoms with Gasteiger partial charge in [-0.1, -0.05) is 53.7 Å². The predicted octanol–water partition coefficient (Wildman–Crippen LogP) is -1.72. The van der Waals surface area contributed by atoms with E-state index < -0.39 is 215 Å². The van der Waals surface area contributed by atoms with Gasteiger partial charge in [-0.15, -0.1) is 0 Å². The lowest BCUT2D eigenvalue weighted by molar-refractivity contribution is -0.145. The van der Waals surface area contributed by atoms with Crippen molar-refractivity contribution < 1.29 is 127 Å². The summed E-state index contributed by atoms with van der Waals surface area (Å²) in [5.41, 5.74) is 0.0380. The Morgan fingerprint density at radius 1 is 0.412 bits per heavy atom. The van der Waals surface area contributed by atoms with Crippen molar-refractivity contribution >= 4 is 109 Å². The van der Waals surface area contributed by atoms with E-state index in [-0.39, 0.29) is 116 Å². The summed E-state index contributed by atoms with van der Waals surface area (Å²) in [6, 6.07) is -5.18. The second-order valence-electron chi connectivity index (χ2n) is 26.6. The third-order valence-corrected chi connectivity index (χ3v) is 21.9. The molecule has 2 rings (SSSR count). The van der Waals surface area contributed by atoms with Gasteiger partial charge in [0.15, 0.2) is 0 Å². The topological polar surface area (TPSA) is 564 Å². The molecular formula is C63H99FN12O25Si. The molecule has 37 nitrogen and oxygen atoms in total. The van der Waals surface area contributed by atoms with Crippen LogP contribution >= 0.6 is 0 Å². The molecule has 8 amide bonds. The van der Waals surface area contributed by atoms with Gasteiger partial charge in [-0.3, -0.25) is 72.3 Å². The highest BCUT2D eigenvalue weighted by atomic mass is 28.4. The standard InChI is InChI=1S/C63H99FN12O25Si/c1-62(2,3)102(64,63(4,5)6)39-14-12-38(13-15-39)54(89)67-34-44(69-49(80)20-18-45(60(99)100)76-32-30-74(36-52(85)86)28-26-73(35-51(83)84)27-29-75(31-33-76)37-53(87)88)55(90)70-41(57(93)94)10-7-8-24-65-46(77)21-22-47(78)66-25-9-11-40(56(91)92)68-48(79)19-16-42(58(95)96)71-61(101)72-43(59(97)98)17-23-50(81)82/h12-15,40-45H,7-11,16-37H2,1-6H3,(H,65,77)(H,66,78)(H,67,89)(H,68,79)(H,69,80)(H,70,90)(H,81,82)(H,83,84)(H,85,86)(H,87,88)(H,91,92)(H,93,94)(H,95,96)(H,97,98)(H,99,100)(H2,71,72,101)/t40-,41+,42+,43+,44-,45+/m1/s1. The van der Waals surface area contributed by atoms with E-state index in [0.717, 1.165) is 0 Å². The molecule has 0 unspecified atom stereocenters. The molecule has 1 aliphatic rings. The van der Waals surface area contributed by atoms with E-state index >= 15 is 4.11 Å². The van der Waals surface area contributed by atoms with Crippen LogP contribution in [0.3, 0.4) is 0 Å². The van der Waals surface area contributed by atoms with Crippen LogP contribution in [-0.4, -0.2) is 297 Å². The first kappa shape index (κ1) is 88.6. The number of halogens is 1. The van der Waals surface area contributed by atoms with Crippen molar-refractivity contribution in [1.29, 1.82) is 0 Å². The largest absolute Gasteiger partial charge is 0.481 e. The van der Waals surface area contributed by atoms with Crippen LogP contribution in [0.1, 0.15) is 135 Å². The summed E-state index contributed by atoms with van der Waals surface area (Å²) in [4.78, 5) is 205. The van der Waals surface area contributed by atoms with Gasteiger partial charge in [0.25, 0.3) is 14.3 Å². The number of carboxylic acids is 9. The number of nitrogens with one attached hydrogen (secondary N) is 8. The Hall–Kier alpha value is -9.47. The van der Waals surface area contributed by atoms with Gasteiger partial charge < -0.3 is 92.6 Å². The van der Waals surface area contributed by atoms with E-state index in [1.165, 1.54) is 43.9 Å². The molecule has 0 aromatic heterocycles. The molecule has 1 heterocycles. The van der Waals surface area contributed by atoms with Gasteiger partial charge in [0, 0.05) is 110 Å². The van der Waals surface area contributed by atoms with E-state index in [4.69, 9.17) is 5.11 Å². The monoisotopic (exact) mass is 1470 g/mol. The summed E-state index contributed by atoms with van der Waals surface area (Å²) in [6.45, 7) is 8.44. The van der Waals surface area contributed by atoms with Gasteiger partial charge in [-0.05, 0) is 78.8 Å². The number of amides is 8. The number of carbonyl (C=O) groups excluding carboxylic acids is 7. The van der Waals surface area contributed by atoms with Gasteiger partial charge in [0.2, 0.25) is 29.5 Å². The maximum Gasteiger partial charge on any atom is 0.326 e. The van der Waals surface area contributed by atoms with Crippen molar-refractivity contribution in [3.05, 3.63) is 29.8 Å². The van der Waals surface area contributed by atoms with Crippen molar-refractivity contribution in [2.45, 2.75) is 171 Å². The molecule has 39 heteroatoms. The summed E-state index contributed by atoms with van der Waals surface area (Å²) >= 11 is 0. The molecule has 1 saturated heterocycles. The number of aliphatic carboxylic acids is 9. The van der Waals surface area contributed by atoms with Crippen LogP contribution in [0.25, 0.3) is 0 Å². The van der Waals surface area contributed by atoms with Gasteiger partial charge in [-0.25, -0.2) is 24.0 Å². The number of carboxylic acid groups (broad SMARTS) is 9. The van der Waals surface area contributed by atoms with Crippen LogP contribution in [0, 0.1) is 0 Å². The van der Waals surface area contributed by atoms with Crippen molar-refractivity contribution in [3.8, 4) is 0 Å². The van der Waals surface area contributed by atoms with E-state index in [2.05, 4.69) is 31.9 Å². The molecule has 0 bridgehead atoms. The minimum Gasteiger partial charge on any atom is -0.481 e. The summed E-state index contributed by atoms with van der Waals surface area (Å²) in [6.07, 6.45) is -4.25. The first-order valence-corrected chi connectivity index (χ1v) is 34.9. The SMILES string of the molecule is CC(C)(C)[Si](F)(c1ccc(C(=O)NC[C@@H](NC(=O)CC[C@@H](C(=O)O)N2CCN(CC(=O)O)CCN(CC(=O)O)CCN(CC(=O)O)CC2)C(=O)N[C@@H](CCCCNC(=O)CCC(=O)NCCC[C@@H](NC(=O)CC[C@H](NC(=O)N[C@@H](CCC(=O)O)C(=O)O)C(=O)O)C(=O)O)C(=O)O)cc1)C(C)(C)C. The molecule has 0 aliphatic carbocycles. The average molecular weight is 1470 g/mol. The van der Waals surface area contributed by atoms with E-state index in [0.29, 0.717) is 5.19 Å². The van der Waals surface area contributed by atoms with E-state index in [1.54, 1.807) is 41.5 Å². The van der Waals surface area contributed by atoms with E-state index in [1.807, 2.05) is 10.6 Å². The number of carbonyl (C=O) groups is 16. The number of hydrogen-bond acceptors (Lipinski definition) is 20. The molecule has 6 atom stereocenters. The van der Waals surface area contributed by atoms with Gasteiger partial charge in [0.1, 0.15) is 36.3 Å². The lowest BCUT2D eigenvalue weighted by Gasteiger charge is -2.44. The summed E-state index contributed by atoms with van der Waals surface area (Å²) < 4.78 is 17.1. The van der Waals surface area contributed by atoms with Gasteiger partial charge >= 0.3 is 59.8 Å². The van der Waals surface area contributed by atoms with Crippen LogP contribution in [0.15, 0.2) is 24.3 Å². The van der Waals surface area contributed by atoms with Crippen molar-refractivity contribution in [2.24, 2.45) is 0 Å². The molecule has 102 heavy (non-hydrogen) atoms. The molecule has 1 aromatic rings. The zero-order valence-electron chi connectivity index (χ0n) is 58.1. The maximum atomic E-state index is 17.1. The highest BCUT2D eigenvalue weighted by Gasteiger charge is 2.56. The van der Waals surface area contributed by atoms with Crippen LogP contribution in [0.2, 0.25) is 10.1 Å². The third-order valence-electron chi connectivity index (χ3n) is 16.6. The molecule has 572 valence electrons. The molecule has 1 aliphatic heterocycles. The zero-order chi connectivity index (χ0) is 77.2. The van der Waals surface area contributed by atoms with Crippen LogP contribution in [0.5, 0.6) is 0 Å². The fourth-order valence-corrected chi connectivity index (χ4v) is 16.0. The lowest BCUT2D eigenvalue weighted by Crippen LogP contribution is -2.58. The average Bonchev–Trinajstić information content (AvgIpc) is 0.748. The molecule has 0 spiro atoms. The predicted molar refractivity (Wildman–Crippen MR) is 359 cm³/mol. The third kappa shape index (κ3) is 32.9. The Balaban J connectivity index is 2.15. The molecule has 1 aromatic carbocycles. The summed E-state index contributed by atoms with van der Waals surface area (Å²) in [7, 11) is -3.77. The molecule has 0 radical (unpaired) electrons. The van der Waals surface area contributed by atoms with Crippen molar-refractivity contribution in [1.82, 2.24) is 62.1 Å². The quantitative estimate of drug-likeness (QED) is 0.0197. The normalized spacial score (nSPS) is 15.6. The fourth-order valence-electron chi connectivity index (χ4n) is 11.4. The highest BCUT2D eigenvalue weighted by Crippen LogP contribution is 2.51. The molecular weight excluding hydrogens is 1370 g/mol. The van der Waals surface area contributed by atoms with Crippen LogP contribution in [-0.2, 0) is 67.1 Å².